The van der Waals surface area contributed by atoms with Gasteiger partial charge in [0.25, 0.3) is 0 Å². The van der Waals surface area contributed by atoms with Crippen LogP contribution in [0.2, 0.25) is 0 Å². The highest BCUT2D eigenvalue weighted by Gasteiger charge is 2.33. The van der Waals surface area contributed by atoms with Crippen molar-refractivity contribution in [2.45, 2.75) is 18.9 Å². The van der Waals surface area contributed by atoms with Crippen LogP contribution in [0.1, 0.15) is 26.8 Å². The van der Waals surface area contributed by atoms with E-state index in [0.717, 1.165) is 22.3 Å². The Balaban J connectivity index is 1.98. The maximum absolute atomic E-state index is 10.3. The lowest BCUT2D eigenvalue weighted by Crippen LogP contribution is -2.35. The van der Waals surface area contributed by atoms with E-state index in [-0.39, 0.29) is 17.5 Å². The van der Waals surface area contributed by atoms with Crippen LogP contribution in [-0.4, -0.2) is 28.6 Å². The number of nitrogens with zero attached hydrogens (tertiary/aromatic N) is 1. The first kappa shape index (κ1) is 9.03. The summed E-state index contributed by atoms with van der Waals surface area (Å²) in [5.41, 5.74) is 4.43. The molecule has 0 radical (unpaired) electrons. The van der Waals surface area contributed by atoms with Crippen LogP contribution < -0.4 is 0 Å². The first-order chi connectivity index (χ1) is 10.9. The molecule has 1 aliphatic heterocycles. The predicted octanol–water partition coefficient (Wildman–Crippen LogP) is 2.85. The minimum atomic E-state index is -2.15. The molecule has 3 nitrogen and oxygen atoms in total. The molecular formula is C17H17NO2. The summed E-state index contributed by atoms with van der Waals surface area (Å²) in [7, 11) is 0. The van der Waals surface area contributed by atoms with Crippen LogP contribution in [-0.2, 0) is 12.8 Å². The first-order valence-corrected chi connectivity index (χ1v) is 6.80. The van der Waals surface area contributed by atoms with Gasteiger partial charge >= 0.3 is 0 Å². The lowest BCUT2D eigenvalue weighted by atomic mass is 9.77. The smallest absolute Gasteiger partial charge is 0.165 e. The second-order valence-electron chi connectivity index (χ2n) is 5.51. The molecular weight excluding hydrogens is 250 g/mol. The highest BCUT2D eigenvalue weighted by atomic mass is 16.3. The molecule has 2 aliphatic rings. The Morgan fingerprint density at radius 3 is 2.95 bits per heavy atom. The van der Waals surface area contributed by atoms with Crippen LogP contribution in [0.15, 0.2) is 30.3 Å². The van der Waals surface area contributed by atoms with E-state index in [4.69, 9.17) is 4.11 Å². The second-order valence-corrected chi connectivity index (χ2v) is 5.51. The van der Waals surface area contributed by atoms with Crippen molar-refractivity contribution in [1.82, 2.24) is 4.90 Å². The lowest BCUT2D eigenvalue weighted by Gasteiger charge is -2.39. The standard InChI is InChI=1S/C17H17NO2/c1-18-8-7-10-3-2-4-12-15(10)13(18)9-11-5-6-14(19)17(20)16(11)12/h2-6,13,19-20H,7-9H2,1H3/t13-/m1/s1/i1D3. The van der Waals surface area contributed by atoms with Crippen molar-refractivity contribution >= 4 is 0 Å². The number of fused-ring (bicyclic) bond motifs is 2. The minimum absolute atomic E-state index is 0.125. The third kappa shape index (κ3) is 1.44. The normalized spacial score (nSPS) is 23.2. The number of aromatic hydroxyl groups is 2. The molecule has 20 heavy (non-hydrogen) atoms. The zero-order chi connectivity index (χ0) is 16.4. The number of phenolic OH excluding ortho intramolecular Hbond substituents is 2. The molecule has 0 saturated heterocycles. The topological polar surface area (TPSA) is 43.7 Å². The van der Waals surface area contributed by atoms with Gasteiger partial charge in [-0.05, 0) is 48.1 Å². The van der Waals surface area contributed by atoms with E-state index >= 15 is 0 Å². The molecule has 3 heteroatoms. The van der Waals surface area contributed by atoms with Gasteiger partial charge in [0.15, 0.2) is 11.5 Å². The Kier molecular flexibility index (Phi) is 1.80. The fourth-order valence-electron chi connectivity index (χ4n) is 3.51. The number of likely N-dealkylation sites (N-methyl/N-ethyl adjacent to an activating group) is 1. The molecule has 4 rings (SSSR count). The van der Waals surface area contributed by atoms with Crippen molar-refractivity contribution in [3.8, 4) is 22.6 Å². The monoisotopic (exact) mass is 270 g/mol. The third-order valence-corrected chi connectivity index (χ3v) is 4.45. The average molecular weight is 270 g/mol. The van der Waals surface area contributed by atoms with E-state index in [1.807, 2.05) is 18.2 Å². The largest absolute Gasteiger partial charge is 0.504 e. The maximum atomic E-state index is 10.3. The summed E-state index contributed by atoms with van der Waals surface area (Å²) in [5.74, 6) is -0.274. The molecule has 0 saturated carbocycles. The minimum Gasteiger partial charge on any atom is -0.504 e. The number of hydrogen-bond donors (Lipinski definition) is 2. The van der Waals surface area contributed by atoms with Crippen LogP contribution in [0.5, 0.6) is 11.5 Å². The average Bonchev–Trinajstić information content (AvgIpc) is 2.50. The Labute approximate surface area is 122 Å². The van der Waals surface area contributed by atoms with Gasteiger partial charge in [0.1, 0.15) is 0 Å². The van der Waals surface area contributed by atoms with Crippen LogP contribution in [0.3, 0.4) is 0 Å². The van der Waals surface area contributed by atoms with Gasteiger partial charge in [-0.1, -0.05) is 24.3 Å². The predicted molar refractivity (Wildman–Crippen MR) is 78.0 cm³/mol. The summed E-state index contributed by atoms with van der Waals surface area (Å²) in [4.78, 5) is 1.58. The molecule has 2 aromatic rings. The number of hydrogen-bond acceptors (Lipinski definition) is 3. The van der Waals surface area contributed by atoms with E-state index in [0.29, 0.717) is 24.9 Å². The molecule has 1 atom stereocenters. The summed E-state index contributed by atoms with van der Waals surface area (Å²) in [6.45, 7) is -1.65. The summed E-state index contributed by atoms with van der Waals surface area (Å²) < 4.78 is 23.5. The van der Waals surface area contributed by atoms with Gasteiger partial charge in [-0.2, -0.15) is 0 Å². The molecule has 102 valence electrons. The molecule has 0 fully saturated rings. The third-order valence-electron chi connectivity index (χ3n) is 4.45. The Hall–Kier alpha value is -2.00. The Morgan fingerprint density at radius 2 is 2.10 bits per heavy atom. The van der Waals surface area contributed by atoms with Crippen molar-refractivity contribution in [2.75, 3.05) is 13.5 Å². The quantitative estimate of drug-likeness (QED) is 0.723. The molecule has 0 aromatic heterocycles. The summed E-state index contributed by atoms with van der Waals surface area (Å²) >= 11 is 0. The number of phenols is 2. The summed E-state index contributed by atoms with van der Waals surface area (Å²) in [5, 5.41) is 20.1. The van der Waals surface area contributed by atoms with E-state index in [1.165, 1.54) is 6.07 Å². The van der Waals surface area contributed by atoms with E-state index in [9.17, 15) is 10.2 Å². The Bertz CT molecular complexity index is 801. The molecule has 0 bridgehead atoms. The zero-order valence-electron chi connectivity index (χ0n) is 13.9. The number of rotatable bonds is 0. The molecule has 2 aromatic carbocycles. The van der Waals surface area contributed by atoms with Gasteiger partial charge in [-0.25, -0.2) is 0 Å². The fraction of sp³-hybridized carbons (Fsp3) is 0.294. The molecule has 1 aliphatic carbocycles. The molecule has 0 unspecified atom stereocenters. The van der Waals surface area contributed by atoms with Gasteiger partial charge in [-0.3, -0.25) is 4.90 Å². The van der Waals surface area contributed by atoms with Crippen LogP contribution in [0.25, 0.3) is 11.1 Å². The molecule has 1 heterocycles. The zero-order valence-corrected chi connectivity index (χ0v) is 10.9. The van der Waals surface area contributed by atoms with Gasteiger partial charge in [0.05, 0.1) is 0 Å². The molecule has 2 N–H and O–H groups in total. The van der Waals surface area contributed by atoms with Crippen LogP contribution in [0, 0.1) is 0 Å². The van der Waals surface area contributed by atoms with Crippen molar-refractivity contribution < 1.29 is 14.3 Å². The molecule has 0 spiro atoms. The van der Waals surface area contributed by atoms with Gasteiger partial charge in [0, 0.05) is 22.3 Å². The summed E-state index contributed by atoms with van der Waals surface area (Å²) in [6, 6.07) is 8.85. The highest BCUT2D eigenvalue weighted by Crippen LogP contribution is 2.49. The van der Waals surface area contributed by atoms with Gasteiger partial charge < -0.3 is 10.2 Å². The van der Waals surface area contributed by atoms with E-state index in [1.54, 1.807) is 11.0 Å². The van der Waals surface area contributed by atoms with Gasteiger partial charge in [0.2, 0.25) is 0 Å². The molecule has 0 amide bonds. The lowest BCUT2D eigenvalue weighted by molar-refractivity contribution is 0.228. The maximum Gasteiger partial charge on any atom is 0.165 e. The van der Waals surface area contributed by atoms with Crippen molar-refractivity contribution in [3.63, 3.8) is 0 Å². The number of benzene rings is 2. The summed E-state index contributed by atoms with van der Waals surface area (Å²) in [6.07, 6.45) is 1.19. The Morgan fingerprint density at radius 1 is 1.20 bits per heavy atom. The van der Waals surface area contributed by atoms with E-state index < -0.39 is 6.98 Å². The SMILES string of the molecule is [2H]C([2H])([2H])N1CCc2cccc3c2[C@H]1Cc1ccc(O)c(O)c1-3. The second kappa shape index (κ2) is 4.00. The fourth-order valence-corrected chi connectivity index (χ4v) is 3.51. The van der Waals surface area contributed by atoms with E-state index in [2.05, 4.69) is 0 Å². The van der Waals surface area contributed by atoms with Crippen LogP contribution >= 0.6 is 0 Å². The van der Waals surface area contributed by atoms with Crippen molar-refractivity contribution in [2.24, 2.45) is 0 Å². The van der Waals surface area contributed by atoms with Crippen molar-refractivity contribution in [3.05, 3.63) is 47.0 Å². The van der Waals surface area contributed by atoms with Crippen LogP contribution in [0.4, 0.5) is 0 Å². The van der Waals surface area contributed by atoms with Crippen molar-refractivity contribution in [1.29, 1.82) is 0 Å². The van der Waals surface area contributed by atoms with Gasteiger partial charge in [-0.15, -0.1) is 0 Å². The highest BCUT2D eigenvalue weighted by molar-refractivity contribution is 5.82. The first-order valence-electron chi connectivity index (χ1n) is 8.30.